The molecule has 1 amide bonds. The number of hydrogen-bond acceptors (Lipinski definition) is 6. The van der Waals surface area contributed by atoms with E-state index in [1.54, 1.807) is 9.36 Å². The first-order valence-electron chi connectivity index (χ1n) is 9.61. The molecule has 1 aliphatic carbocycles. The smallest absolute Gasteiger partial charge is 0.297 e. The summed E-state index contributed by atoms with van der Waals surface area (Å²) in [5.74, 6) is 0.165. The Hall–Kier alpha value is -2.88. The first-order valence-corrected chi connectivity index (χ1v) is 10.6. The Morgan fingerprint density at radius 1 is 1.24 bits per heavy atom. The standard InChI is InChI=1S/C19H23N7O2S/c1-13-17(18(28)26(24(13)2)15-10-4-3-5-11-15)25-19(21-22-23-25)29-12-16(27)20-14-8-6-7-9-14/h3-5,10-11,14H,6-9,12H2,1-2H3,(H,20,27). The van der Waals surface area contributed by atoms with Gasteiger partial charge in [0.05, 0.1) is 17.1 Å². The maximum Gasteiger partial charge on any atom is 0.297 e. The summed E-state index contributed by atoms with van der Waals surface area (Å²) in [6.07, 6.45) is 4.40. The maximum atomic E-state index is 13.2. The molecule has 152 valence electrons. The third-order valence-corrected chi connectivity index (χ3v) is 6.15. The molecule has 2 heterocycles. The zero-order chi connectivity index (χ0) is 20.4. The molecule has 1 aromatic carbocycles. The van der Waals surface area contributed by atoms with Crippen LogP contribution in [0, 0.1) is 6.92 Å². The predicted molar refractivity (Wildman–Crippen MR) is 110 cm³/mol. The molecule has 1 saturated carbocycles. The largest absolute Gasteiger partial charge is 0.353 e. The van der Waals surface area contributed by atoms with Crippen LogP contribution < -0.4 is 10.9 Å². The first kappa shape index (κ1) is 19.4. The Balaban J connectivity index is 1.58. The van der Waals surface area contributed by atoms with Gasteiger partial charge in [-0.25, -0.2) is 4.68 Å². The van der Waals surface area contributed by atoms with Crippen molar-refractivity contribution in [2.75, 3.05) is 5.75 Å². The second-order valence-electron chi connectivity index (χ2n) is 7.12. The van der Waals surface area contributed by atoms with Gasteiger partial charge in [-0.3, -0.25) is 14.3 Å². The quantitative estimate of drug-likeness (QED) is 0.617. The monoisotopic (exact) mass is 413 g/mol. The average molecular weight is 414 g/mol. The van der Waals surface area contributed by atoms with Crippen molar-refractivity contribution >= 4 is 17.7 Å². The molecule has 0 atom stereocenters. The van der Waals surface area contributed by atoms with Crippen molar-refractivity contribution in [3.05, 3.63) is 46.4 Å². The van der Waals surface area contributed by atoms with E-state index in [1.807, 2.05) is 44.3 Å². The predicted octanol–water partition coefficient (Wildman–Crippen LogP) is 1.61. The molecule has 0 spiro atoms. The van der Waals surface area contributed by atoms with Crippen LogP contribution in [0.5, 0.6) is 0 Å². The number of tetrazole rings is 1. The molecule has 0 unspecified atom stereocenters. The number of amides is 1. The Morgan fingerprint density at radius 2 is 1.97 bits per heavy atom. The lowest BCUT2D eigenvalue weighted by Gasteiger charge is -2.11. The SMILES string of the molecule is Cc1c(-n2nnnc2SCC(=O)NC2CCCC2)c(=O)n(-c2ccccc2)n1C. The highest BCUT2D eigenvalue weighted by Gasteiger charge is 2.23. The van der Waals surface area contributed by atoms with Gasteiger partial charge in [-0.2, -0.15) is 4.68 Å². The minimum Gasteiger partial charge on any atom is -0.353 e. The molecule has 0 saturated heterocycles. The van der Waals surface area contributed by atoms with E-state index in [-0.39, 0.29) is 23.3 Å². The molecule has 1 aliphatic rings. The van der Waals surface area contributed by atoms with Crippen LogP contribution in [0.1, 0.15) is 31.4 Å². The van der Waals surface area contributed by atoms with Crippen molar-refractivity contribution in [3.63, 3.8) is 0 Å². The molecule has 10 heteroatoms. The van der Waals surface area contributed by atoms with E-state index in [9.17, 15) is 9.59 Å². The van der Waals surface area contributed by atoms with E-state index in [4.69, 9.17) is 0 Å². The van der Waals surface area contributed by atoms with E-state index in [0.717, 1.165) is 37.1 Å². The summed E-state index contributed by atoms with van der Waals surface area (Å²) >= 11 is 1.23. The Labute approximate surface area is 172 Å². The third-order valence-electron chi connectivity index (χ3n) is 5.23. The Morgan fingerprint density at radius 3 is 2.69 bits per heavy atom. The number of nitrogens with zero attached hydrogens (tertiary/aromatic N) is 6. The van der Waals surface area contributed by atoms with Crippen LogP contribution in [0.3, 0.4) is 0 Å². The summed E-state index contributed by atoms with van der Waals surface area (Å²) in [4.78, 5) is 25.4. The number of carbonyl (C=O) groups excluding carboxylic acids is 1. The maximum absolute atomic E-state index is 13.2. The van der Waals surface area contributed by atoms with Crippen molar-refractivity contribution < 1.29 is 4.79 Å². The van der Waals surface area contributed by atoms with Crippen molar-refractivity contribution in [1.82, 2.24) is 34.9 Å². The molecule has 0 radical (unpaired) electrons. The van der Waals surface area contributed by atoms with Gasteiger partial charge in [0.1, 0.15) is 0 Å². The van der Waals surface area contributed by atoms with Crippen LogP contribution >= 0.6 is 11.8 Å². The number of carbonyl (C=O) groups is 1. The van der Waals surface area contributed by atoms with Crippen LogP contribution in [0.25, 0.3) is 11.4 Å². The van der Waals surface area contributed by atoms with Crippen molar-refractivity contribution in [3.8, 4) is 11.4 Å². The van der Waals surface area contributed by atoms with E-state index in [2.05, 4.69) is 20.8 Å². The summed E-state index contributed by atoms with van der Waals surface area (Å²) in [5.41, 5.74) is 1.64. The van der Waals surface area contributed by atoms with Gasteiger partial charge in [0.2, 0.25) is 11.1 Å². The fraction of sp³-hybridized carbons (Fsp3) is 0.421. The molecule has 1 N–H and O–H groups in total. The van der Waals surface area contributed by atoms with Gasteiger partial charge in [0, 0.05) is 13.1 Å². The second-order valence-corrected chi connectivity index (χ2v) is 8.06. The van der Waals surface area contributed by atoms with E-state index in [1.165, 1.54) is 16.4 Å². The molecular formula is C19H23N7O2S. The highest BCUT2D eigenvalue weighted by molar-refractivity contribution is 7.99. The van der Waals surface area contributed by atoms with Gasteiger partial charge >= 0.3 is 0 Å². The number of para-hydroxylation sites is 1. The minimum atomic E-state index is -0.222. The lowest BCUT2D eigenvalue weighted by molar-refractivity contribution is -0.119. The normalized spacial score (nSPS) is 14.4. The van der Waals surface area contributed by atoms with Gasteiger partial charge in [-0.1, -0.05) is 42.8 Å². The molecule has 1 fully saturated rings. The van der Waals surface area contributed by atoms with Gasteiger partial charge in [0.15, 0.2) is 5.69 Å². The van der Waals surface area contributed by atoms with Crippen LogP contribution in [-0.2, 0) is 11.8 Å². The van der Waals surface area contributed by atoms with Gasteiger partial charge in [-0.05, 0) is 42.3 Å². The van der Waals surface area contributed by atoms with Crippen molar-refractivity contribution in [1.29, 1.82) is 0 Å². The molecule has 0 aliphatic heterocycles. The lowest BCUT2D eigenvalue weighted by Crippen LogP contribution is -2.33. The second kappa shape index (κ2) is 8.24. The molecule has 3 aromatic rings. The summed E-state index contributed by atoms with van der Waals surface area (Å²) in [5, 5.41) is 15.2. The molecule has 0 bridgehead atoms. The highest BCUT2D eigenvalue weighted by atomic mass is 32.2. The zero-order valence-corrected chi connectivity index (χ0v) is 17.2. The van der Waals surface area contributed by atoms with Gasteiger partial charge < -0.3 is 5.32 Å². The highest BCUT2D eigenvalue weighted by Crippen LogP contribution is 2.21. The van der Waals surface area contributed by atoms with E-state index >= 15 is 0 Å². The number of benzene rings is 1. The van der Waals surface area contributed by atoms with E-state index < -0.39 is 0 Å². The van der Waals surface area contributed by atoms with Crippen LogP contribution in [0.2, 0.25) is 0 Å². The summed E-state index contributed by atoms with van der Waals surface area (Å²) in [6, 6.07) is 9.67. The third kappa shape index (κ3) is 3.84. The van der Waals surface area contributed by atoms with Crippen molar-refractivity contribution in [2.24, 2.45) is 7.05 Å². The molecule has 29 heavy (non-hydrogen) atoms. The first-order chi connectivity index (χ1) is 14.1. The topological polar surface area (TPSA) is 99.6 Å². The van der Waals surface area contributed by atoms with Gasteiger partial charge in [-0.15, -0.1) is 5.10 Å². The fourth-order valence-corrected chi connectivity index (χ4v) is 4.36. The number of thioether (sulfide) groups is 1. The van der Waals surface area contributed by atoms with Crippen LogP contribution in [0.15, 0.2) is 40.3 Å². The molecular weight excluding hydrogens is 390 g/mol. The fourth-order valence-electron chi connectivity index (χ4n) is 3.68. The zero-order valence-electron chi connectivity index (χ0n) is 16.4. The average Bonchev–Trinajstić information content (AvgIpc) is 3.43. The number of hydrogen-bond donors (Lipinski definition) is 1. The minimum absolute atomic E-state index is 0.0390. The Kier molecular flexibility index (Phi) is 5.52. The number of rotatable bonds is 6. The van der Waals surface area contributed by atoms with Crippen LogP contribution in [-0.4, -0.2) is 47.3 Å². The summed E-state index contributed by atoms with van der Waals surface area (Å²) < 4.78 is 4.77. The summed E-state index contributed by atoms with van der Waals surface area (Å²) in [6.45, 7) is 1.85. The van der Waals surface area contributed by atoms with Crippen LogP contribution in [0.4, 0.5) is 0 Å². The van der Waals surface area contributed by atoms with Crippen molar-refractivity contribution in [2.45, 2.75) is 43.8 Å². The van der Waals surface area contributed by atoms with E-state index in [0.29, 0.717) is 10.8 Å². The molecule has 2 aromatic heterocycles. The summed E-state index contributed by atoms with van der Waals surface area (Å²) in [7, 11) is 1.82. The lowest BCUT2D eigenvalue weighted by atomic mass is 10.2. The molecule has 9 nitrogen and oxygen atoms in total. The molecule has 4 rings (SSSR count). The number of nitrogens with one attached hydrogen (secondary N) is 1. The van der Waals surface area contributed by atoms with Gasteiger partial charge in [0.25, 0.3) is 5.56 Å². The Bertz CT molecular complexity index is 1060. The number of aromatic nitrogens is 6.